The van der Waals surface area contributed by atoms with E-state index < -0.39 is 11.8 Å². The Hall–Kier alpha value is -0.470. The van der Waals surface area contributed by atoms with Crippen molar-refractivity contribution in [2.45, 2.75) is 33.1 Å². The summed E-state index contributed by atoms with van der Waals surface area (Å²) < 4.78 is 23.9. The van der Waals surface area contributed by atoms with E-state index in [2.05, 4.69) is 0 Å². The van der Waals surface area contributed by atoms with Gasteiger partial charge in [-0.3, -0.25) is 0 Å². The topological polar surface area (TPSA) is 17.1 Å². The van der Waals surface area contributed by atoms with Crippen molar-refractivity contribution in [1.29, 1.82) is 0 Å². The van der Waals surface area contributed by atoms with Crippen molar-refractivity contribution in [2.75, 3.05) is 0 Å². The number of rotatable bonds is 3. The molecule has 0 N–H and O–H groups in total. The molecule has 1 saturated carbocycles. The van der Waals surface area contributed by atoms with Crippen LogP contribution in [0.1, 0.15) is 26.7 Å². The van der Waals surface area contributed by atoms with Crippen LogP contribution in [0.5, 0.6) is 0 Å². The van der Waals surface area contributed by atoms with Crippen LogP contribution in [0.15, 0.2) is 0 Å². The first-order valence-electron chi connectivity index (χ1n) is 3.68. The third-order valence-corrected chi connectivity index (χ3v) is 2.72. The van der Waals surface area contributed by atoms with E-state index in [1.165, 1.54) is 0 Å². The van der Waals surface area contributed by atoms with Crippen LogP contribution >= 0.6 is 0 Å². The van der Waals surface area contributed by atoms with Gasteiger partial charge in [0.25, 0.3) is 0 Å². The summed E-state index contributed by atoms with van der Waals surface area (Å²) in [4.78, 5) is 10.5. The summed E-state index contributed by atoms with van der Waals surface area (Å²) in [6.45, 7) is 3.70. The van der Waals surface area contributed by atoms with Crippen LogP contribution in [0.4, 0.5) is 8.78 Å². The molecule has 0 spiro atoms. The standard InChI is InChI=1S/C8H12F2O/c1-7(2)4-8(7,5-11)3-6(9)10/h5-6H,3-4H2,1-2H3. The van der Waals surface area contributed by atoms with E-state index in [9.17, 15) is 13.6 Å². The molecular weight excluding hydrogens is 150 g/mol. The van der Waals surface area contributed by atoms with E-state index in [0.717, 1.165) is 0 Å². The second kappa shape index (κ2) is 2.26. The SMILES string of the molecule is CC1(C)CC1(C=O)CC(F)F. The van der Waals surface area contributed by atoms with Crippen molar-refractivity contribution in [1.82, 2.24) is 0 Å². The summed E-state index contributed by atoms with van der Waals surface area (Å²) >= 11 is 0. The Labute approximate surface area is 64.8 Å². The summed E-state index contributed by atoms with van der Waals surface area (Å²) in [6, 6.07) is 0. The molecule has 1 fully saturated rings. The van der Waals surface area contributed by atoms with Gasteiger partial charge in [-0.25, -0.2) is 8.78 Å². The van der Waals surface area contributed by atoms with Gasteiger partial charge in [-0.1, -0.05) is 13.8 Å². The Morgan fingerprint density at radius 2 is 2.00 bits per heavy atom. The molecule has 1 nitrogen and oxygen atoms in total. The van der Waals surface area contributed by atoms with Crippen molar-refractivity contribution in [3.8, 4) is 0 Å². The van der Waals surface area contributed by atoms with Gasteiger partial charge in [-0.2, -0.15) is 0 Å². The Morgan fingerprint density at radius 3 is 2.09 bits per heavy atom. The first-order valence-corrected chi connectivity index (χ1v) is 3.68. The quantitative estimate of drug-likeness (QED) is 0.582. The maximum Gasteiger partial charge on any atom is 0.239 e. The van der Waals surface area contributed by atoms with Gasteiger partial charge in [0.05, 0.1) is 0 Å². The molecule has 0 heterocycles. The summed E-state index contributed by atoms with van der Waals surface area (Å²) in [5, 5.41) is 0. The minimum Gasteiger partial charge on any atom is -0.303 e. The molecule has 0 aliphatic heterocycles. The molecule has 3 heteroatoms. The Morgan fingerprint density at radius 1 is 1.55 bits per heavy atom. The molecule has 0 amide bonds. The molecular formula is C8H12F2O. The number of carbonyl (C=O) groups excluding carboxylic acids is 1. The second-order valence-corrected chi connectivity index (χ2v) is 3.93. The van der Waals surface area contributed by atoms with Crippen LogP contribution in [-0.4, -0.2) is 12.7 Å². The molecule has 1 aliphatic rings. The van der Waals surface area contributed by atoms with Gasteiger partial charge in [0, 0.05) is 11.8 Å². The molecule has 0 aromatic rings. The fraction of sp³-hybridized carbons (Fsp3) is 0.875. The highest BCUT2D eigenvalue weighted by atomic mass is 19.3. The van der Waals surface area contributed by atoms with E-state index in [1.807, 2.05) is 13.8 Å². The molecule has 1 rings (SSSR count). The van der Waals surface area contributed by atoms with Gasteiger partial charge in [0.1, 0.15) is 6.29 Å². The normalized spacial score (nSPS) is 33.9. The number of hydrogen-bond acceptors (Lipinski definition) is 1. The summed E-state index contributed by atoms with van der Waals surface area (Å²) in [5.74, 6) is 0. The van der Waals surface area contributed by atoms with Crippen LogP contribution in [0.25, 0.3) is 0 Å². The fourth-order valence-corrected chi connectivity index (χ4v) is 1.62. The number of hydrogen-bond donors (Lipinski definition) is 0. The first kappa shape index (κ1) is 8.62. The molecule has 1 aliphatic carbocycles. The highest BCUT2D eigenvalue weighted by Crippen LogP contribution is 2.64. The van der Waals surface area contributed by atoms with E-state index in [4.69, 9.17) is 0 Å². The zero-order valence-electron chi connectivity index (χ0n) is 6.73. The Balaban J connectivity index is 2.60. The average Bonchev–Trinajstić information content (AvgIpc) is 2.33. The zero-order chi connectivity index (χ0) is 8.70. The van der Waals surface area contributed by atoms with E-state index >= 15 is 0 Å². The number of alkyl halides is 2. The highest BCUT2D eigenvalue weighted by Gasteiger charge is 2.62. The highest BCUT2D eigenvalue weighted by molar-refractivity contribution is 5.66. The summed E-state index contributed by atoms with van der Waals surface area (Å²) in [7, 11) is 0. The van der Waals surface area contributed by atoms with Crippen LogP contribution in [0.3, 0.4) is 0 Å². The lowest BCUT2D eigenvalue weighted by Crippen LogP contribution is -2.14. The Kier molecular flexibility index (Phi) is 1.77. The predicted octanol–water partition coefficient (Wildman–Crippen LogP) is 2.26. The molecule has 0 aromatic heterocycles. The van der Waals surface area contributed by atoms with Gasteiger partial charge >= 0.3 is 0 Å². The molecule has 1 atom stereocenters. The fourth-order valence-electron chi connectivity index (χ4n) is 1.62. The molecule has 0 bridgehead atoms. The molecule has 1 unspecified atom stereocenters. The van der Waals surface area contributed by atoms with Crippen molar-refractivity contribution < 1.29 is 13.6 Å². The lowest BCUT2D eigenvalue weighted by atomic mass is 9.94. The van der Waals surface area contributed by atoms with Crippen molar-refractivity contribution in [2.24, 2.45) is 10.8 Å². The predicted molar refractivity (Wildman–Crippen MR) is 37.5 cm³/mol. The van der Waals surface area contributed by atoms with Gasteiger partial charge in [-0.05, 0) is 11.8 Å². The number of halogens is 2. The van der Waals surface area contributed by atoms with Gasteiger partial charge in [0.15, 0.2) is 0 Å². The number of carbonyl (C=O) groups is 1. The van der Waals surface area contributed by atoms with E-state index in [0.29, 0.717) is 12.7 Å². The van der Waals surface area contributed by atoms with Crippen molar-refractivity contribution >= 4 is 6.29 Å². The van der Waals surface area contributed by atoms with Gasteiger partial charge in [0.2, 0.25) is 6.43 Å². The molecule has 0 radical (unpaired) electrons. The van der Waals surface area contributed by atoms with Gasteiger partial charge in [-0.15, -0.1) is 0 Å². The van der Waals surface area contributed by atoms with Crippen LogP contribution in [0, 0.1) is 10.8 Å². The summed E-state index contributed by atoms with van der Waals surface area (Å²) in [6.07, 6.45) is -1.33. The van der Waals surface area contributed by atoms with E-state index in [-0.39, 0.29) is 11.8 Å². The van der Waals surface area contributed by atoms with Crippen molar-refractivity contribution in [3.05, 3.63) is 0 Å². The average molecular weight is 162 g/mol. The number of aldehydes is 1. The largest absolute Gasteiger partial charge is 0.303 e. The Bertz CT molecular complexity index is 177. The lowest BCUT2D eigenvalue weighted by molar-refractivity contribution is -0.114. The summed E-state index contributed by atoms with van der Waals surface area (Å²) in [5.41, 5.74) is -0.924. The zero-order valence-corrected chi connectivity index (χ0v) is 6.73. The van der Waals surface area contributed by atoms with Crippen molar-refractivity contribution in [3.63, 3.8) is 0 Å². The van der Waals surface area contributed by atoms with Crippen LogP contribution in [-0.2, 0) is 4.79 Å². The minimum absolute atomic E-state index is 0.203. The minimum atomic E-state index is -2.36. The lowest BCUT2D eigenvalue weighted by Gasteiger charge is -2.11. The second-order valence-electron chi connectivity index (χ2n) is 3.93. The molecule has 0 saturated heterocycles. The smallest absolute Gasteiger partial charge is 0.239 e. The van der Waals surface area contributed by atoms with Gasteiger partial charge < -0.3 is 4.79 Å². The molecule has 0 aromatic carbocycles. The van der Waals surface area contributed by atoms with Crippen LogP contribution in [0.2, 0.25) is 0 Å². The van der Waals surface area contributed by atoms with Crippen LogP contribution < -0.4 is 0 Å². The molecule has 64 valence electrons. The maximum absolute atomic E-state index is 11.9. The molecule has 11 heavy (non-hydrogen) atoms. The first-order chi connectivity index (χ1) is 4.93. The third-order valence-electron chi connectivity index (χ3n) is 2.72. The third kappa shape index (κ3) is 1.28. The maximum atomic E-state index is 11.9. The van der Waals surface area contributed by atoms with E-state index in [1.54, 1.807) is 0 Å². The monoisotopic (exact) mass is 162 g/mol.